The Labute approximate surface area is 462 Å². The monoisotopic (exact) mass is 1140 g/mol. The van der Waals surface area contributed by atoms with E-state index in [-0.39, 0.29) is 53.0 Å². The highest BCUT2D eigenvalue weighted by atomic mass is 32.2. The molecule has 1 heterocycles. The number of hydrogen-bond acceptors (Lipinski definition) is 20. The number of hydrazone groups is 1. The van der Waals surface area contributed by atoms with Crippen molar-refractivity contribution in [1.29, 1.82) is 0 Å². The second kappa shape index (κ2) is 21.7. The van der Waals surface area contributed by atoms with E-state index in [9.17, 15) is 63.0 Å². The lowest BCUT2D eigenvalue weighted by molar-refractivity contribution is -0.432. The third kappa shape index (κ3) is 10.4. The van der Waals surface area contributed by atoms with Crippen LogP contribution in [0.3, 0.4) is 0 Å². The van der Waals surface area contributed by atoms with Crippen LogP contribution in [0, 0.1) is 28.6 Å². The minimum atomic E-state index is -4.30. The smallest absolute Gasteiger partial charge is 0.408 e. The van der Waals surface area contributed by atoms with Crippen LogP contribution in [-0.2, 0) is 52.8 Å². The highest BCUT2D eigenvalue weighted by molar-refractivity contribution is 7.89. The minimum Gasteiger partial charge on any atom is -0.478 e. The molecule has 15 atom stereocenters. The molecule has 80 heavy (non-hydrogen) atoms. The first-order chi connectivity index (χ1) is 37.3. The molecule has 0 aromatic heterocycles. The van der Waals surface area contributed by atoms with Gasteiger partial charge in [0.05, 0.1) is 52.3 Å². The number of aromatic carboxylic acids is 1. The third-order valence-electron chi connectivity index (χ3n) is 17.1. The maximum absolute atomic E-state index is 15.4. The number of aliphatic hydroxyl groups excluding tert-OH is 3. The van der Waals surface area contributed by atoms with Crippen LogP contribution >= 0.6 is 0 Å². The SMILES string of the molecule is CC(=O)OC12COC1CC(O)C1(C)C(O)C(O)C3C(C)[C@H](OC(=O)[C@@H](OC(=O)C4CC/C(=N\NS(=O)(=O)c5ccc(C(=O)O)cc5)C4)C(NC(=O)OC(C)(C)C)c4ccccc4)CC(O)([C@H](OC(=O)c4ccccc4)[C@@]21O)C3(C)C. The molecule has 8 N–H and O–H groups in total. The molecule has 1 saturated heterocycles. The lowest BCUT2D eigenvalue weighted by Gasteiger charge is -2.73. The number of sulfonamides is 1. The molecule has 4 saturated carbocycles. The number of carbonyl (C=O) groups is 6. The van der Waals surface area contributed by atoms with Crippen LogP contribution in [-0.4, -0.2) is 152 Å². The lowest BCUT2D eigenvalue weighted by Crippen LogP contribution is -2.92. The molecule has 11 unspecified atom stereocenters. The number of hydrogen-bond donors (Lipinski definition) is 8. The summed E-state index contributed by atoms with van der Waals surface area (Å²) in [7, 11) is -4.30. The van der Waals surface area contributed by atoms with E-state index in [4.69, 9.17) is 28.4 Å². The largest absolute Gasteiger partial charge is 0.478 e. The summed E-state index contributed by atoms with van der Waals surface area (Å²) in [5, 5.41) is 81.3. The van der Waals surface area contributed by atoms with Crippen molar-refractivity contribution in [2.75, 3.05) is 6.61 Å². The van der Waals surface area contributed by atoms with Crippen LogP contribution in [0.5, 0.6) is 0 Å². The Hall–Kier alpha value is -6.54. The van der Waals surface area contributed by atoms with Gasteiger partial charge in [-0.05, 0) is 81.5 Å². The fraction of sp³-hybridized carbons (Fsp3) is 0.554. The van der Waals surface area contributed by atoms with Gasteiger partial charge >= 0.3 is 35.9 Å². The molecule has 0 spiro atoms. The number of nitrogens with one attached hydrogen (secondary N) is 2. The van der Waals surface area contributed by atoms with E-state index in [1.165, 1.54) is 57.2 Å². The van der Waals surface area contributed by atoms with Crippen LogP contribution < -0.4 is 10.1 Å². The van der Waals surface area contributed by atoms with Crippen molar-refractivity contribution >= 4 is 51.7 Å². The first-order valence-electron chi connectivity index (χ1n) is 26.2. The summed E-state index contributed by atoms with van der Waals surface area (Å²) in [6.07, 6.45) is -15.4. The van der Waals surface area contributed by atoms with Gasteiger partial charge in [0.1, 0.15) is 29.5 Å². The summed E-state index contributed by atoms with van der Waals surface area (Å²) >= 11 is 0. The van der Waals surface area contributed by atoms with E-state index in [0.29, 0.717) is 0 Å². The summed E-state index contributed by atoms with van der Waals surface area (Å²) < 4.78 is 62.4. The number of esters is 4. The summed E-state index contributed by atoms with van der Waals surface area (Å²) in [6, 6.07) is 18.2. The Kier molecular flexibility index (Phi) is 16.2. The molecule has 5 aliphatic rings. The summed E-state index contributed by atoms with van der Waals surface area (Å²) in [4.78, 5) is 84.4. The standard InChI is InChI=1S/C56H69N3O20S/c1-29-37(27-54(70)49(77-46(66)33-17-13-10-14-18-33)56(71)53(8,44(63)42(62)40(29)52(54,6)7)38(61)26-39-55(56,28-74-39)78-30(2)60)75-48(68)43(41(31-15-11-9-12-16-31)57-50(69)79-51(3,4)5)76-47(67)34-19-22-35(25-34)58-59-80(72,73)36-23-20-32(21-24-36)45(64)65/h9-18,20-21,23-24,29,34,37-44,49,59,61-63,70-71H,19,22,25-28H2,1-8H3,(H,57,69)(H,64,65)/b58-35+/t29?,34?,37-,38?,39?,40?,41?,42?,43+,44?,49+,53?,54?,55?,56+/m1/s1. The Bertz CT molecular complexity index is 3010. The van der Waals surface area contributed by atoms with Crippen LogP contribution in [0.25, 0.3) is 0 Å². The van der Waals surface area contributed by atoms with Gasteiger partial charge in [0.2, 0.25) is 6.10 Å². The number of rotatable bonds is 14. The van der Waals surface area contributed by atoms with Crippen molar-refractivity contribution in [3.63, 3.8) is 0 Å². The molecule has 8 rings (SSSR count). The minimum absolute atomic E-state index is 0.0496. The van der Waals surface area contributed by atoms with Crippen LogP contribution in [0.4, 0.5) is 4.79 Å². The second-order valence-corrected chi connectivity index (χ2v) is 25.0. The Morgan fingerprint density at radius 2 is 1.49 bits per heavy atom. The molecule has 1 amide bonds. The molecule has 434 valence electrons. The summed E-state index contributed by atoms with van der Waals surface area (Å²) in [6.45, 7) is 11.0. The van der Waals surface area contributed by atoms with E-state index in [1.807, 2.05) is 0 Å². The second-order valence-electron chi connectivity index (χ2n) is 23.3. The highest BCUT2D eigenvalue weighted by Crippen LogP contribution is 2.67. The highest BCUT2D eigenvalue weighted by Gasteiger charge is 2.86. The fourth-order valence-corrected chi connectivity index (χ4v) is 13.6. The Balaban J connectivity index is 1.19. The van der Waals surface area contributed by atoms with E-state index in [2.05, 4.69) is 15.2 Å². The van der Waals surface area contributed by atoms with Crippen molar-refractivity contribution in [2.45, 2.75) is 164 Å². The number of ether oxygens (including phenoxy) is 6. The molecular weight excluding hydrogens is 1070 g/mol. The molecule has 2 bridgehead atoms. The van der Waals surface area contributed by atoms with Gasteiger partial charge in [0.15, 0.2) is 17.3 Å². The molecule has 4 aliphatic carbocycles. The van der Waals surface area contributed by atoms with Crippen molar-refractivity contribution in [3.8, 4) is 0 Å². The number of nitrogens with zero attached hydrogens (tertiary/aromatic N) is 1. The zero-order valence-electron chi connectivity index (χ0n) is 45.4. The van der Waals surface area contributed by atoms with Gasteiger partial charge in [-0.3, -0.25) is 9.59 Å². The number of benzene rings is 3. The Morgan fingerprint density at radius 1 is 0.863 bits per heavy atom. The Morgan fingerprint density at radius 3 is 2.06 bits per heavy atom. The van der Waals surface area contributed by atoms with E-state index < -0.39 is 159 Å². The quantitative estimate of drug-likeness (QED) is 0.0650. The molecule has 3 aromatic rings. The normalized spacial score (nSPS) is 33.8. The van der Waals surface area contributed by atoms with Crippen molar-refractivity contribution in [1.82, 2.24) is 10.1 Å². The van der Waals surface area contributed by atoms with E-state index >= 15 is 4.79 Å². The number of amides is 1. The third-order valence-corrected chi connectivity index (χ3v) is 18.3. The number of alkyl carbamates (subject to hydrolysis) is 1. The predicted octanol–water partition coefficient (Wildman–Crippen LogP) is 3.49. The number of aliphatic hydroxyl groups is 5. The summed E-state index contributed by atoms with van der Waals surface area (Å²) in [5.74, 6) is -9.16. The van der Waals surface area contributed by atoms with E-state index in [1.54, 1.807) is 52.0 Å². The fourth-order valence-electron chi connectivity index (χ4n) is 12.8. The number of carboxylic acid groups (broad SMARTS) is 1. The molecule has 0 radical (unpaired) electrons. The molecule has 1 aliphatic heterocycles. The van der Waals surface area contributed by atoms with Gasteiger partial charge in [0, 0.05) is 43.2 Å². The topological polar surface area (TPSA) is 350 Å². The zero-order chi connectivity index (χ0) is 58.7. The average Bonchev–Trinajstić information content (AvgIpc) is 1.48. The van der Waals surface area contributed by atoms with Gasteiger partial charge in [0.25, 0.3) is 10.0 Å². The first-order valence-corrected chi connectivity index (χ1v) is 27.7. The van der Waals surface area contributed by atoms with Crippen molar-refractivity contribution in [3.05, 3.63) is 102 Å². The number of fused-ring (bicyclic) bond motifs is 5. The summed E-state index contributed by atoms with van der Waals surface area (Å²) in [5.41, 5.74) is -13.0. The van der Waals surface area contributed by atoms with Crippen molar-refractivity contribution < 1.29 is 96.2 Å². The first kappa shape index (κ1) is 59.6. The van der Waals surface area contributed by atoms with Gasteiger partial charge in [-0.15, -0.1) is 0 Å². The predicted molar refractivity (Wildman–Crippen MR) is 278 cm³/mol. The molecule has 5 fully saturated rings. The van der Waals surface area contributed by atoms with Gasteiger partial charge < -0.3 is 64.4 Å². The van der Waals surface area contributed by atoms with Gasteiger partial charge in [-0.1, -0.05) is 76.2 Å². The lowest BCUT2D eigenvalue weighted by atomic mass is 9.40. The number of carbonyl (C=O) groups excluding carboxylic acids is 5. The van der Waals surface area contributed by atoms with Gasteiger partial charge in [-0.2, -0.15) is 13.5 Å². The van der Waals surface area contributed by atoms with Crippen LogP contribution in [0.1, 0.15) is 120 Å². The molecule has 24 heteroatoms. The van der Waals surface area contributed by atoms with Crippen molar-refractivity contribution in [2.24, 2.45) is 33.7 Å². The molecule has 3 aromatic carbocycles. The van der Waals surface area contributed by atoms with Gasteiger partial charge in [-0.25, -0.2) is 24.0 Å². The van der Waals surface area contributed by atoms with E-state index in [0.717, 1.165) is 31.2 Å². The van der Waals surface area contributed by atoms with Crippen LogP contribution in [0.15, 0.2) is 94.9 Å². The molecular formula is C56H69N3O20S. The maximum Gasteiger partial charge on any atom is 0.408 e. The average molecular weight is 1140 g/mol. The number of carboxylic acids is 1. The zero-order valence-corrected chi connectivity index (χ0v) is 46.2. The maximum atomic E-state index is 15.4. The molecule has 23 nitrogen and oxygen atoms in total. The van der Waals surface area contributed by atoms with Crippen LogP contribution in [0.2, 0.25) is 0 Å².